The van der Waals surface area contributed by atoms with Crippen molar-refractivity contribution in [3.63, 3.8) is 0 Å². The van der Waals surface area contributed by atoms with Crippen LogP contribution in [0.1, 0.15) is 43.4 Å². The number of halogens is 2. The van der Waals surface area contributed by atoms with Crippen LogP contribution in [0.3, 0.4) is 0 Å². The maximum absolute atomic E-state index is 12.4. The standard InChI is InChI=1S/C14H19F2NO/c1-2-9-17-12-7-3-6-11-10(12)5-4-8-13(11)18-14(15)16/h4-5,8,12,14,17H,2-3,6-7,9H2,1H3. The molecule has 1 aromatic rings. The van der Waals surface area contributed by atoms with E-state index in [2.05, 4.69) is 17.0 Å². The Labute approximate surface area is 106 Å². The molecule has 1 atom stereocenters. The molecule has 0 fully saturated rings. The lowest BCUT2D eigenvalue weighted by molar-refractivity contribution is -0.0506. The zero-order valence-corrected chi connectivity index (χ0v) is 10.6. The quantitative estimate of drug-likeness (QED) is 0.866. The van der Waals surface area contributed by atoms with Gasteiger partial charge in [-0.3, -0.25) is 0 Å². The van der Waals surface area contributed by atoms with Gasteiger partial charge in [0.1, 0.15) is 5.75 Å². The molecule has 0 heterocycles. The van der Waals surface area contributed by atoms with Crippen molar-refractivity contribution in [1.29, 1.82) is 0 Å². The van der Waals surface area contributed by atoms with E-state index in [4.69, 9.17) is 0 Å². The van der Waals surface area contributed by atoms with Crippen LogP contribution in [0.5, 0.6) is 5.75 Å². The zero-order chi connectivity index (χ0) is 13.0. The van der Waals surface area contributed by atoms with Crippen LogP contribution in [0.2, 0.25) is 0 Å². The minimum atomic E-state index is -2.75. The topological polar surface area (TPSA) is 21.3 Å². The molecule has 0 saturated heterocycles. The molecule has 0 spiro atoms. The van der Waals surface area contributed by atoms with Crippen molar-refractivity contribution < 1.29 is 13.5 Å². The molecule has 2 rings (SSSR count). The average molecular weight is 255 g/mol. The van der Waals surface area contributed by atoms with E-state index in [0.29, 0.717) is 5.75 Å². The van der Waals surface area contributed by atoms with Crippen molar-refractivity contribution in [2.45, 2.75) is 45.3 Å². The average Bonchev–Trinajstić information content (AvgIpc) is 2.36. The summed E-state index contributed by atoms with van der Waals surface area (Å²) < 4.78 is 29.3. The Hall–Kier alpha value is -1.16. The number of hydrogen-bond acceptors (Lipinski definition) is 2. The molecule has 0 saturated carbocycles. The van der Waals surface area contributed by atoms with Crippen LogP contribution in [-0.2, 0) is 6.42 Å². The summed E-state index contributed by atoms with van der Waals surface area (Å²) in [7, 11) is 0. The van der Waals surface area contributed by atoms with Crippen LogP contribution >= 0.6 is 0 Å². The van der Waals surface area contributed by atoms with Gasteiger partial charge in [-0.25, -0.2) is 0 Å². The van der Waals surface area contributed by atoms with Gasteiger partial charge >= 0.3 is 6.61 Å². The van der Waals surface area contributed by atoms with Gasteiger partial charge in [-0.05, 0) is 49.4 Å². The fraction of sp³-hybridized carbons (Fsp3) is 0.571. The monoisotopic (exact) mass is 255 g/mol. The Balaban J connectivity index is 2.22. The number of ether oxygens (including phenoxy) is 1. The fourth-order valence-corrected chi connectivity index (χ4v) is 2.55. The third-order valence-corrected chi connectivity index (χ3v) is 3.32. The van der Waals surface area contributed by atoms with Gasteiger partial charge in [0.25, 0.3) is 0 Å². The normalized spacial score (nSPS) is 18.8. The molecule has 4 heteroatoms. The lowest BCUT2D eigenvalue weighted by Gasteiger charge is -2.27. The number of hydrogen-bond donors (Lipinski definition) is 1. The van der Waals surface area contributed by atoms with Crippen molar-refractivity contribution in [3.8, 4) is 5.75 Å². The molecule has 1 N–H and O–H groups in total. The van der Waals surface area contributed by atoms with Crippen LogP contribution in [0.15, 0.2) is 18.2 Å². The van der Waals surface area contributed by atoms with E-state index in [-0.39, 0.29) is 6.04 Å². The predicted octanol–water partition coefficient (Wildman–Crippen LogP) is 3.67. The van der Waals surface area contributed by atoms with Gasteiger partial charge in [0.05, 0.1) is 0 Å². The highest BCUT2D eigenvalue weighted by Gasteiger charge is 2.23. The zero-order valence-electron chi connectivity index (χ0n) is 10.6. The largest absolute Gasteiger partial charge is 0.435 e. The maximum Gasteiger partial charge on any atom is 0.387 e. The number of nitrogens with one attached hydrogen (secondary N) is 1. The number of rotatable bonds is 5. The number of fused-ring (bicyclic) bond motifs is 1. The number of alkyl halides is 2. The van der Waals surface area contributed by atoms with Crippen molar-refractivity contribution in [3.05, 3.63) is 29.3 Å². The summed E-state index contributed by atoms with van der Waals surface area (Å²) in [4.78, 5) is 0. The Morgan fingerprint density at radius 3 is 3.00 bits per heavy atom. The fourth-order valence-electron chi connectivity index (χ4n) is 2.55. The number of benzene rings is 1. The molecule has 1 aliphatic rings. The van der Waals surface area contributed by atoms with Crippen molar-refractivity contribution in [2.24, 2.45) is 0 Å². The molecule has 2 nitrogen and oxygen atoms in total. The predicted molar refractivity (Wildman–Crippen MR) is 67.0 cm³/mol. The first-order valence-corrected chi connectivity index (χ1v) is 6.52. The molecule has 18 heavy (non-hydrogen) atoms. The Morgan fingerprint density at radius 2 is 2.28 bits per heavy atom. The smallest absolute Gasteiger partial charge is 0.387 e. The summed E-state index contributed by atoms with van der Waals surface area (Å²) in [5.41, 5.74) is 2.06. The summed E-state index contributed by atoms with van der Waals surface area (Å²) in [6.07, 6.45) is 3.96. The summed E-state index contributed by atoms with van der Waals surface area (Å²) in [6.45, 7) is 0.317. The van der Waals surface area contributed by atoms with Crippen LogP contribution < -0.4 is 10.1 Å². The van der Waals surface area contributed by atoms with E-state index in [9.17, 15) is 8.78 Å². The molecule has 0 aliphatic heterocycles. The van der Waals surface area contributed by atoms with Gasteiger partial charge in [-0.15, -0.1) is 0 Å². The second-order valence-electron chi connectivity index (χ2n) is 4.60. The lowest BCUT2D eigenvalue weighted by atomic mass is 9.87. The van der Waals surface area contributed by atoms with Gasteiger partial charge in [0.2, 0.25) is 0 Å². The van der Waals surface area contributed by atoms with Gasteiger partial charge < -0.3 is 10.1 Å². The third-order valence-electron chi connectivity index (χ3n) is 3.32. The molecule has 100 valence electrons. The molecule has 0 bridgehead atoms. The third kappa shape index (κ3) is 2.99. The summed E-state index contributed by atoms with van der Waals surface area (Å²) >= 11 is 0. The van der Waals surface area contributed by atoms with E-state index in [0.717, 1.165) is 43.4 Å². The molecule has 1 aromatic carbocycles. The second-order valence-corrected chi connectivity index (χ2v) is 4.60. The second kappa shape index (κ2) is 6.14. The molecule has 0 radical (unpaired) electrons. The molecule has 0 amide bonds. The first-order chi connectivity index (χ1) is 8.72. The van der Waals surface area contributed by atoms with Gasteiger partial charge in [0.15, 0.2) is 0 Å². The van der Waals surface area contributed by atoms with Crippen LogP contribution in [0, 0.1) is 0 Å². The van der Waals surface area contributed by atoms with Gasteiger partial charge in [-0.1, -0.05) is 19.1 Å². The van der Waals surface area contributed by atoms with Crippen LogP contribution in [0.25, 0.3) is 0 Å². The van der Waals surface area contributed by atoms with Crippen LogP contribution in [-0.4, -0.2) is 13.2 Å². The van der Waals surface area contributed by atoms with E-state index < -0.39 is 6.61 Å². The SMILES string of the molecule is CCCNC1CCCc2c(OC(F)F)cccc21. The minimum Gasteiger partial charge on any atom is -0.435 e. The van der Waals surface area contributed by atoms with E-state index >= 15 is 0 Å². The Morgan fingerprint density at radius 1 is 1.44 bits per heavy atom. The van der Waals surface area contributed by atoms with Crippen molar-refractivity contribution in [2.75, 3.05) is 6.54 Å². The van der Waals surface area contributed by atoms with E-state index in [1.807, 2.05) is 6.07 Å². The molecular formula is C14H19F2NO. The molecule has 1 aliphatic carbocycles. The molecule has 0 aromatic heterocycles. The van der Waals surface area contributed by atoms with Crippen molar-refractivity contribution in [1.82, 2.24) is 5.32 Å². The highest BCUT2D eigenvalue weighted by molar-refractivity contribution is 5.43. The van der Waals surface area contributed by atoms with Gasteiger partial charge in [-0.2, -0.15) is 8.78 Å². The summed E-state index contributed by atoms with van der Waals surface area (Å²) in [6, 6.07) is 5.71. The van der Waals surface area contributed by atoms with Crippen molar-refractivity contribution >= 4 is 0 Å². The highest BCUT2D eigenvalue weighted by Crippen LogP contribution is 2.35. The highest BCUT2D eigenvalue weighted by atomic mass is 19.3. The maximum atomic E-state index is 12.4. The Kier molecular flexibility index (Phi) is 4.53. The lowest BCUT2D eigenvalue weighted by Crippen LogP contribution is -2.26. The van der Waals surface area contributed by atoms with E-state index in [1.54, 1.807) is 12.1 Å². The Bertz CT molecular complexity index is 395. The summed E-state index contributed by atoms with van der Waals surface area (Å²) in [5, 5.41) is 3.46. The van der Waals surface area contributed by atoms with E-state index in [1.165, 1.54) is 0 Å². The minimum absolute atomic E-state index is 0.273. The van der Waals surface area contributed by atoms with Gasteiger partial charge in [0, 0.05) is 6.04 Å². The first kappa shape index (κ1) is 13.3. The molecule has 1 unspecified atom stereocenters. The first-order valence-electron chi connectivity index (χ1n) is 6.52. The summed E-state index contributed by atoms with van der Waals surface area (Å²) in [5.74, 6) is 0.338. The van der Waals surface area contributed by atoms with Crippen LogP contribution in [0.4, 0.5) is 8.78 Å². The molecular weight excluding hydrogens is 236 g/mol.